The van der Waals surface area contributed by atoms with Crippen molar-refractivity contribution in [1.82, 2.24) is 4.98 Å². The molecule has 6 heteroatoms. The summed E-state index contributed by atoms with van der Waals surface area (Å²) in [4.78, 5) is 3.92. The third-order valence-electron chi connectivity index (χ3n) is 2.26. The van der Waals surface area contributed by atoms with Crippen molar-refractivity contribution >= 4 is 17.3 Å². The monoisotopic (exact) mass is 270 g/mol. The number of aromatic hydroxyl groups is 1. The molecule has 0 aliphatic carbocycles. The molecule has 0 fully saturated rings. The third kappa shape index (κ3) is 2.87. The van der Waals surface area contributed by atoms with Gasteiger partial charge in [-0.1, -0.05) is 11.6 Å². The Balaban J connectivity index is 2.13. The molecule has 0 aliphatic heterocycles. The van der Waals surface area contributed by atoms with Gasteiger partial charge in [0.1, 0.15) is 11.6 Å². The average molecular weight is 271 g/mol. The molecular formula is C12H9ClF2N2O. The maximum Gasteiger partial charge on any atom is 0.150 e. The van der Waals surface area contributed by atoms with Crippen LogP contribution in [-0.4, -0.2) is 10.1 Å². The number of nitrogens with one attached hydrogen (secondary N) is 1. The Morgan fingerprint density at radius 2 is 2.06 bits per heavy atom. The minimum Gasteiger partial charge on any atom is -0.506 e. The van der Waals surface area contributed by atoms with Gasteiger partial charge in [0.2, 0.25) is 0 Å². The summed E-state index contributed by atoms with van der Waals surface area (Å²) in [6.45, 7) is 0.211. The molecular weight excluding hydrogens is 262 g/mol. The topological polar surface area (TPSA) is 45.1 Å². The molecule has 0 bridgehead atoms. The molecule has 2 aromatic rings. The molecule has 0 aliphatic rings. The fraction of sp³-hybridized carbons (Fsp3) is 0.0833. The molecule has 1 aromatic heterocycles. The number of benzene rings is 1. The van der Waals surface area contributed by atoms with E-state index in [1.54, 1.807) is 6.07 Å². The molecule has 0 saturated heterocycles. The van der Waals surface area contributed by atoms with Gasteiger partial charge in [-0.2, -0.15) is 0 Å². The van der Waals surface area contributed by atoms with Crippen LogP contribution in [0, 0.1) is 11.6 Å². The minimum absolute atomic E-state index is 0.0212. The van der Waals surface area contributed by atoms with E-state index in [1.807, 2.05) is 0 Å². The summed E-state index contributed by atoms with van der Waals surface area (Å²) in [5.41, 5.74) is 0.612. The third-order valence-corrected chi connectivity index (χ3v) is 2.56. The van der Waals surface area contributed by atoms with Gasteiger partial charge in [0.25, 0.3) is 0 Å². The lowest BCUT2D eigenvalue weighted by Crippen LogP contribution is -2.04. The second-order valence-corrected chi connectivity index (χ2v) is 4.01. The highest BCUT2D eigenvalue weighted by Crippen LogP contribution is 2.26. The van der Waals surface area contributed by atoms with Crippen LogP contribution in [0.3, 0.4) is 0 Å². The van der Waals surface area contributed by atoms with Crippen molar-refractivity contribution < 1.29 is 13.9 Å². The van der Waals surface area contributed by atoms with Gasteiger partial charge in [-0.25, -0.2) is 8.78 Å². The molecule has 0 unspecified atom stereocenters. The Kier molecular flexibility index (Phi) is 3.62. The molecule has 0 saturated carbocycles. The molecule has 0 amide bonds. The number of halogens is 3. The molecule has 0 radical (unpaired) electrons. The maximum absolute atomic E-state index is 13.4. The largest absolute Gasteiger partial charge is 0.506 e. The molecule has 3 nitrogen and oxygen atoms in total. The van der Waals surface area contributed by atoms with Gasteiger partial charge in [0, 0.05) is 6.07 Å². The van der Waals surface area contributed by atoms with Crippen molar-refractivity contribution in [3.63, 3.8) is 0 Å². The Hall–Kier alpha value is -1.88. The SMILES string of the molecule is Oc1ccc(CNc2c(F)cc(F)cc2Cl)nc1. The van der Waals surface area contributed by atoms with Crippen molar-refractivity contribution in [3.8, 4) is 5.75 Å². The lowest BCUT2D eigenvalue weighted by Gasteiger charge is -2.09. The Morgan fingerprint density at radius 1 is 1.28 bits per heavy atom. The zero-order valence-electron chi connectivity index (χ0n) is 9.12. The highest BCUT2D eigenvalue weighted by atomic mass is 35.5. The Morgan fingerprint density at radius 3 is 2.67 bits per heavy atom. The van der Waals surface area contributed by atoms with Crippen LogP contribution in [0.15, 0.2) is 30.5 Å². The van der Waals surface area contributed by atoms with E-state index < -0.39 is 11.6 Å². The van der Waals surface area contributed by atoms with Crippen LogP contribution in [0.2, 0.25) is 5.02 Å². The minimum atomic E-state index is -0.765. The van der Waals surface area contributed by atoms with Gasteiger partial charge in [0.15, 0.2) is 5.82 Å². The summed E-state index contributed by atoms with van der Waals surface area (Å²) in [6.07, 6.45) is 1.28. The zero-order chi connectivity index (χ0) is 13.1. The number of aromatic nitrogens is 1. The van der Waals surface area contributed by atoms with Crippen molar-refractivity contribution in [1.29, 1.82) is 0 Å². The first-order chi connectivity index (χ1) is 8.56. The van der Waals surface area contributed by atoms with Gasteiger partial charge in [-0.3, -0.25) is 4.98 Å². The summed E-state index contributed by atoms with van der Waals surface area (Å²) in [7, 11) is 0. The van der Waals surface area contributed by atoms with E-state index in [0.717, 1.165) is 12.1 Å². The summed E-state index contributed by atoms with van der Waals surface area (Å²) < 4.78 is 26.3. The lowest BCUT2D eigenvalue weighted by atomic mass is 10.2. The van der Waals surface area contributed by atoms with E-state index in [1.165, 1.54) is 12.3 Å². The van der Waals surface area contributed by atoms with Crippen molar-refractivity contribution in [3.05, 3.63) is 52.8 Å². The molecule has 18 heavy (non-hydrogen) atoms. The molecule has 0 atom stereocenters. The number of pyridine rings is 1. The lowest BCUT2D eigenvalue weighted by molar-refractivity contribution is 0.472. The first-order valence-corrected chi connectivity index (χ1v) is 5.46. The van der Waals surface area contributed by atoms with E-state index in [0.29, 0.717) is 5.69 Å². The van der Waals surface area contributed by atoms with E-state index in [-0.39, 0.29) is 23.0 Å². The molecule has 2 N–H and O–H groups in total. The van der Waals surface area contributed by atoms with E-state index >= 15 is 0 Å². The highest BCUT2D eigenvalue weighted by Gasteiger charge is 2.09. The first-order valence-electron chi connectivity index (χ1n) is 5.08. The van der Waals surface area contributed by atoms with Gasteiger partial charge >= 0.3 is 0 Å². The first kappa shape index (κ1) is 12.6. The van der Waals surface area contributed by atoms with Crippen LogP contribution in [0.4, 0.5) is 14.5 Å². The van der Waals surface area contributed by atoms with Crippen LogP contribution < -0.4 is 5.32 Å². The Bertz CT molecular complexity index is 537. The van der Waals surface area contributed by atoms with Gasteiger partial charge in [-0.15, -0.1) is 0 Å². The predicted molar refractivity (Wildman–Crippen MR) is 64.6 cm³/mol. The molecule has 1 heterocycles. The van der Waals surface area contributed by atoms with Crippen LogP contribution in [0.1, 0.15) is 5.69 Å². The van der Waals surface area contributed by atoms with Crippen molar-refractivity contribution in [2.75, 3.05) is 5.32 Å². The Labute approximate surface area is 107 Å². The fourth-order valence-electron chi connectivity index (χ4n) is 1.41. The number of rotatable bonds is 3. The highest BCUT2D eigenvalue weighted by molar-refractivity contribution is 6.33. The van der Waals surface area contributed by atoms with Crippen molar-refractivity contribution in [2.45, 2.75) is 6.54 Å². The van der Waals surface area contributed by atoms with Crippen LogP contribution in [0.5, 0.6) is 5.75 Å². The summed E-state index contributed by atoms with van der Waals surface area (Å²) >= 11 is 5.72. The molecule has 1 aromatic carbocycles. The van der Waals surface area contributed by atoms with Crippen molar-refractivity contribution in [2.24, 2.45) is 0 Å². The van der Waals surface area contributed by atoms with Gasteiger partial charge in [0.05, 0.1) is 29.1 Å². The van der Waals surface area contributed by atoms with E-state index in [4.69, 9.17) is 16.7 Å². The number of hydrogen-bond acceptors (Lipinski definition) is 3. The molecule has 94 valence electrons. The number of hydrogen-bond donors (Lipinski definition) is 2. The van der Waals surface area contributed by atoms with Crippen LogP contribution >= 0.6 is 11.6 Å². The van der Waals surface area contributed by atoms with Gasteiger partial charge in [-0.05, 0) is 18.2 Å². The van der Waals surface area contributed by atoms with Crippen LogP contribution in [-0.2, 0) is 6.54 Å². The molecule has 2 rings (SSSR count). The standard InChI is InChI=1S/C12H9ClF2N2O/c13-10-3-7(14)4-11(15)12(10)17-5-8-1-2-9(18)6-16-8/h1-4,6,17-18H,5H2. The van der Waals surface area contributed by atoms with E-state index in [2.05, 4.69) is 10.3 Å². The zero-order valence-corrected chi connectivity index (χ0v) is 9.88. The predicted octanol–water partition coefficient (Wildman–Crippen LogP) is 3.33. The fourth-order valence-corrected chi connectivity index (χ4v) is 1.67. The average Bonchev–Trinajstić information content (AvgIpc) is 2.30. The second kappa shape index (κ2) is 5.18. The quantitative estimate of drug-likeness (QED) is 0.899. The van der Waals surface area contributed by atoms with Gasteiger partial charge < -0.3 is 10.4 Å². The normalized spacial score (nSPS) is 10.4. The summed E-state index contributed by atoms with van der Waals surface area (Å²) in [5.74, 6) is -1.45. The summed E-state index contributed by atoms with van der Waals surface area (Å²) in [5, 5.41) is 11.7. The maximum atomic E-state index is 13.4. The second-order valence-electron chi connectivity index (χ2n) is 3.61. The van der Waals surface area contributed by atoms with E-state index in [9.17, 15) is 8.78 Å². The number of anilines is 1. The molecule has 0 spiro atoms. The smallest absolute Gasteiger partial charge is 0.150 e. The number of nitrogens with zero attached hydrogens (tertiary/aromatic N) is 1. The van der Waals surface area contributed by atoms with Crippen LogP contribution in [0.25, 0.3) is 0 Å². The summed E-state index contributed by atoms with van der Waals surface area (Å²) in [6, 6.07) is 4.82.